The van der Waals surface area contributed by atoms with Crippen LogP contribution in [0.15, 0.2) is 18.2 Å². The zero-order chi connectivity index (χ0) is 10.8. The van der Waals surface area contributed by atoms with Gasteiger partial charge in [0.1, 0.15) is 11.9 Å². The molecule has 1 aliphatic heterocycles. The Labute approximate surface area is 97.9 Å². The number of hydrogen-bond donors (Lipinski definition) is 3. The lowest BCUT2D eigenvalue weighted by Gasteiger charge is -2.14. The van der Waals surface area contributed by atoms with Gasteiger partial charge in [-0.25, -0.2) is 5.43 Å². The summed E-state index contributed by atoms with van der Waals surface area (Å²) >= 11 is 10.9. The van der Waals surface area contributed by atoms with Crippen LogP contribution in [0.2, 0.25) is 5.02 Å². The highest BCUT2D eigenvalue weighted by Crippen LogP contribution is 2.27. The van der Waals surface area contributed by atoms with E-state index in [-0.39, 0.29) is 6.17 Å². The van der Waals surface area contributed by atoms with Crippen molar-refractivity contribution in [1.29, 1.82) is 0 Å². The van der Waals surface area contributed by atoms with Crippen LogP contribution in [0.4, 0.5) is 0 Å². The van der Waals surface area contributed by atoms with Gasteiger partial charge in [0.2, 0.25) is 0 Å². The van der Waals surface area contributed by atoms with Crippen molar-refractivity contribution >= 4 is 28.9 Å². The van der Waals surface area contributed by atoms with Gasteiger partial charge in [-0.1, -0.05) is 11.6 Å². The second kappa shape index (κ2) is 4.22. The van der Waals surface area contributed by atoms with E-state index in [1.165, 1.54) is 0 Å². The first-order valence-electron chi connectivity index (χ1n) is 4.36. The van der Waals surface area contributed by atoms with E-state index in [1.54, 1.807) is 13.2 Å². The third kappa shape index (κ3) is 2.14. The highest BCUT2D eigenvalue weighted by atomic mass is 35.5. The molecule has 0 spiro atoms. The van der Waals surface area contributed by atoms with Gasteiger partial charge in [0.05, 0.1) is 7.11 Å². The van der Waals surface area contributed by atoms with Crippen molar-refractivity contribution in [2.45, 2.75) is 6.17 Å². The molecule has 0 bridgehead atoms. The van der Waals surface area contributed by atoms with E-state index in [4.69, 9.17) is 28.6 Å². The number of hydrogen-bond acceptors (Lipinski definition) is 3. The van der Waals surface area contributed by atoms with Crippen LogP contribution >= 0.6 is 23.8 Å². The molecule has 3 N–H and O–H groups in total. The Bertz CT molecular complexity index is 399. The lowest BCUT2D eigenvalue weighted by Crippen LogP contribution is -2.26. The Morgan fingerprint density at radius 1 is 1.47 bits per heavy atom. The molecule has 0 saturated carbocycles. The molecular formula is C9H10ClN3OS. The molecule has 1 saturated heterocycles. The lowest BCUT2D eigenvalue weighted by atomic mass is 10.1. The first kappa shape index (κ1) is 10.5. The maximum absolute atomic E-state index is 5.92. The van der Waals surface area contributed by atoms with Crippen LogP contribution in [0.25, 0.3) is 0 Å². The predicted molar refractivity (Wildman–Crippen MR) is 62.8 cm³/mol. The third-order valence-corrected chi connectivity index (χ3v) is 2.56. The summed E-state index contributed by atoms with van der Waals surface area (Å²) in [5.74, 6) is 0.760. The highest BCUT2D eigenvalue weighted by Gasteiger charge is 2.21. The summed E-state index contributed by atoms with van der Waals surface area (Å²) in [6, 6.07) is 5.44. The van der Waals surface area contributed by atoms with Crippen molar-refractivity contribution in [3.05, 3.63) is 28.8 Å². The number of nitrogens with one attached hydrogen (secondary N) is 3. The van der Waals surface area contributed by atoms with E-state index in [0.717, 1.165) is 11.3 Å². The fourth-order valence-corrected chi connectivity index (χ4v) is 1.78. The van der Waals surface area contributed by atoms with Crippen molar-refractivity contribution in [2.24, 2.45) is 0 Å². The molecule has 0 radical (unpaired) electrons. The van der Waals surface area contributed by atoms with Crippen LogP contribution in [-0.4, -0.2) is 12.2 Å². The molecule has 0 amide bonds. The summed E-state index contributed by atoms with van der Waals surface area (Å²) in [5, 5.41) is 4.26. The van der Waals surface area contributed by atoms with E-state index >= 15 is 0 Å². The number of halogens is 1. The maximum atomic E-state index is 5.92. The summed E-state index contributed by atoms with van der Waals surface area (Å²) in [6.45, 7) is 0. The van der Waals surface area contributed by atoms with Gasteiger partial charge in [-0.3, -0.25) is 5.43 Å². The minimum absolute atomic E-state index is 0.119. The van der Waals surface area contributed by atoms with Gasteiger partial charge >= 0.3 is 0 Å². The maximum Gasteiger partial charge on any atom is 0.182 e. The van der Waals surface area contributed by atoms with E-state index in [9.17, 15) is 0 Å². The quantitative estimate of drug-likeness (QED) is 0.684. The molecule has 1 aliphatic rings. The Kier molecular flexibility index (Phi) is 2.95. The van der Waals surface area contributed by atoms with E-state index in [0.29, 0.717) is 10.1 Å². The zero-order valence-corrected chi connectivity index (χ0v) is 9.58. The molecule has 1 aromatic rings. The Morgan fingerprint density at radius 3 is 2.87 bits per heavy atom. The minimum atomic E-state index is -0.119. The number of hydrazine groups is 1. The van der Waals surface area contributed by atoms with Gasteiger partial charge in [-0.2, -0.15) is 0 Å². The van der Waals surface area contributed by atoms with Crippen molar-refractivity contribution in [3.8, 4) is 5.75 Å². The van der Waals surface area contributed by atoms with Gasteiger partial charge in [0.25, 0.3) is 0 Å². The molecule has 1 aromatic carbocycles. The average Bonchev–Trinajstić information content (AvgIpc) is 2.65. The van der Waals surface area contributed by atoms with Crippen LogP contribution in [0.5, 0.6) is 5.75 Å². The largest absolute Gasteiger partial charge is 0.496 e. The fourth-order valence-electron chi connectivity index (χ4n) is 1.43. The molecular weight excluding hydrogens is 234 g/mol. The molecule has 15 heavy (non-hydrogen) atoms. The van der Waals surface area contributed by atoms with Crippen LogP contribution < -0.4 is 20.9 Å². The van der Waals surface area contributed by atoms with E-state index in [2.05, 4.69) is 16.2 Å². The smallest absolute Gasteiger partial charge is 0.182 e. The van der Waals surface area contributed by atoms with Crippen LogP contribution in [0.1, 0.15) is 11.7 Å². The second-order valence-corrected chi connectivity index (χ2v) is 3.91. The van der Waals surface area contributed by atoms with Crippen molar-refractivity contribution in [3.63, 3.8) is 0 Å². The van der Waals surface area contributed by atoms with Crippen LogP contribution in [-0.2, 0) is 0 Å². The van der Waals surface area contributed by atoms with Crippen LogP contribution in [0, 0.1) is 0 Å². The van der Waals surface area contributed by atoms with Gasteiger partial charge < -0.3 is 10.1 Å². The molecule has 0 aliphatic carbocycles. The number of thiocarbonyl (C=S) groups is 1. The molecule has 1 fully saturated rings. The van der Waals surface area contributed by atoms with E-state index < -0.39 is 0 Å². The van der Waals surface area contributed by atoms with Gasteiger partial charge in [-0.05, 0) is 30.4 Å². The normalized spacial score (nSPS) is 19.6. The van der Waals surface area contributed by atoms with Gasteiger partial charge in [-0.15, -0.1) is 0 Å². The average molecular weight is 244 g/mol. The summed E-state index contributed by atoms with van der Waals surface area (Å²) in [6.07, 6.45) is -0.119. The summed E-state index contributed by atoms with van der Waals surface area (Å²) in [7, 11) is 1.62. The molecule has 2 rings (SSSR count). The highest BCUT2D eigenvalue weighted by molar-refractivity contribution is 7.80. The molecule has 6 heteroatoms. The molecule has 0 aromatic heterocycles. The Morgan fingerprint density at radius 2 is 2.27 bits per heavy atom. The first-order chi connectivity index (χ1) is 7.20. The number of rotatable bonds is 2. The summed E-state index contributed by atoms with van der Waals surface area (Å²) in [4.78, 5) is 0. The predicted octanol–water partition coefficient (Wildman–Crippen LogP) is 1.33. The summed E-state index contributed by atoms with van der Waals surface area (Å²) < 4.78 is 5.24. The molecule has 1 unspecified atom stereocenters. The Balaban J connectivity index is 2.33. The minimum Gasteiger partial charge on any atom is -0.496 e. The molecule has 1 atom stereocenters. The number of methoxy groups -OCH3 is 1. The first-order valence-corrected chi connectivity index (χ1v) is 5.15. The Hall–Kier alpha value is -1.04. The molecule has 80 valence electrons. The topological polar surface area (TPSA) is 45.3 Å². The fraction of sp³-hybridized carbons (Fsp3) is 0.222. The SMILES string of the molecule is COc1ccc(Cl)cc1C1NNC(=S)N1. The zero-order valence-electron chi connectivity index (χ0n) is 8.00. The van der Waals surface area contributed by atoms with E-state index in [1.807, 2.05) is 12.1 Å². The lowest BCUT2D eigenvalue weighted by molar-refractivity contribution is 0.399. The van der Waals surface area contributed by atoms with Crippen molar-refractivity contribution < 1.29 is 4.74 Å². The van der Waals surface area contributed by atoms with Crippen molar-refractivity contribution in [1.82, 2.24) is 16.2 Å². The standard InChI is InChI=1S/C9H10ClN3OS/c1-14-7-3-2-5(10)4-6(7)8-11-9(15)13-12-8/h2-4,8,12H,1H3,(H2,11,13,15). The van der Waals surface area contributed by atoms with Gasteiger partial charge in [0.15, 0.2) is 5.11 Å². The van der Waals surface area contributed by atoms with Crippen LogP contribution in [0.3, 0.4) is 0 Å². The number of benzene rings is 1. The summed E-state index contributed by atoms with van der Waals surface area (Å²) in [5.41, 5.74) is 6.71. The number of ether oxygens (including phenoxy) is 1. The van der Waals surface area contributed by atoms with Gasteiger partial charge in [0, 0.05) is 10.6 Å². The molecule has 1 heterocycles. The monoisotopic (exact) mass is 243 g/mol. The third-order valence-electron chi connectivity index (χ3n) is 2.11. The second-order valence-electron chi connectivity index (χ2n) is 3.06. The molecule has 4 nitrogen and oxygen atoms in total. The van der Waals surface area contributed by atoms with Crippen molar-refractivity contribution in [2.75, 3.05) is 7.11 Å².